The zero-order valence-electron chi connectivity index (χ0n) is 13.0. The maximum absolute atomic E-state index is 4.49. The maximum atomic E-state index is 4.49. The Labute approximate surface area is 119 Å². The average Bonchev–Trinajstić information content (AvgIpc) is 2.36. The van der Waals surface area contributed by atoms with Gasteiger partial charge < -0.3 is 5.32 Å². The van der Waals surface area contributed by atoms with Crippen LogP contribution in [0.2, 0.25) is 0 Å². The van der Waals surface area contributed by atoms with Gasteiger partial charge in [0.05, 0.1) is 0 Å². The summed E-state index contributed by atoms with van der Waals surface area (Å²) in [5, 5.41) is 3.43. The summed E-state index contributed by atoms with van der Waals surface area (Å²) in [6.07, 6.45) is 11.0. The van der Waals surface area contributed by atoms with Crippen molar-refractivity contribution in [3.63, 3.8) is 0 Å². The molecule has 0 aromatic carbocycles. The Bertz CT molecular complexity index is 327. The molecule has 1 aromatic heterocycles. The van der Waals surface area contributed by atoms with Gasteiger partial charge in [0.2, 0.25) is 0 Å². The van der Waals surface area contributed by atoms with Crippen molar-refractivity contribution in [2.24, 2.45) is 0 Å². The third-order valence-corrected chi connectivity index (χ3v) is 3.43. The van der Waals surface area contributed by atoms with E-state index in [1.807, 2.05) is 0 Å². The predicted molar refractivity (Wildman–Crippen MR) is 84.8 cm³/mol. The number of hydrogen-bond acceptors (Lipinski definition) is 2. The van der Waals surface area contributed by atoms with Crippen LogP contribution in [0.5, 0.6) is 0 Å². The van der Waals surface area contributed by atoms with E-state index in [0.29, 0.717) is 0 Å². The standard InChI is InChI=1S/C17H30N2/c1-4-5-6-7-8-9-10-11-12-18-17-14-15(2)13-16(3)19-17/h13-14H,4-12H2,1-3H3,(H,18,19). The summed E-state index contributed by atoms with van der Waals surface area (Å²) >= 11 is 0. The largest absolute Gasteiger partial charge is 0.370 e. The summed E-state index contributed by atoms with van der Waals surface area (Å²) in [6, 6.07) is 4.24. The van der Waals surface area contributed by atoms with E-state index in [4.69, 9.17) is 0 Å². The summed E-state index contributed by atoms with van der Waals surface area (Å²) in [5.74, 6) is 1.03. The van der Waals surface area contributed by atoms with E-state index in [1.54, 1.807) is 0 Å². The molecule has 0 aliphatic carbocycles. The summed E-state index contributed by atoms with van der Waals surface area (Å²) in [6.45, 7) is 7.49. The first-order valence-electron chi connectivity index (χ1n) is 7.91. The fourth-order valence-corrected chi connectivity index (χ4v) is 2.41. The number of aryl methyl sites for hydroxylation is 2. The lowest BCUT2D eigenvalue weighted by atomic mass is 10.1. The van der Waals surface area contributed by atoms with E-state index in [1.165, 1.54) is 56.9 Å². The van der Waals surface area contributed by atoms with Crippen LogP contribution in [0.4, 0.5) is 5.82 Å². The van der Waals surface area contributed by atoms with Crippen molar-refractivity contribution in [1.29, 1.82) is 0 Å². The second-order valence-corrected chi connectivity index (χ2v) is 5.57. The summed E-state index contributed by atoms with van der Waals surface area (Å²) in [5.41, 5.74) is 2.38. The minimum atomic E-state index is 1.03. The normalized spacial score (nSPS) is 10.7. The minimum Gasteiger partial charge on any atom is -0.370 e. The molecule has 0 saturated carbocycles. The van der Waals surface area contributed by atoms with Crippen molar-refractivity contribution in [3.8, 4) is 0 Å². The van der Waals surface area contributed by atoms with Crippen LogP contribution in [0.1, 0.15) is 69.5 Å². The maximum Gasteiger partial charge on any atom is 0.126 e. The van der Waals surface area contributed by atoms with Gasteiger partial charge in [-0.1, -0.05) is 51.9 Å². The van der Waals surface area contributed by atoms with Crippen molar-refractivity contribution >= 4 is 5.82 Å². The Kier molecular flexibility index (Phi) is 8.28. The van der Waals surface area contributed by atoms with Gasteiger partial charge in [0.15, 0.2) is 0 Å². The highest BCUT2D eigenvalue weighted by atomic mass is 15.0. The highest BCUT2D eigenvalue weighted by Gasteiger charge is 1.97. The molecule has 0 fully saturated rings. The monoisotopic (exact) mass is 262 g/mol. The number of nitrogens with zero attached hydrogens (tertiary/aromatic N) is 1. The first-order valence-corrected chi connectivity index (χ1v) is 7.91. The van der Waals surface area contributed by atoms with E-state index in [0.717, 1.165) is 18.1 Å². The Morgan fingerprint density at radius 2 is 1.53 bits per heavy atom. The number of hydrogen-bond donors (Lipinski definition) is 1. The Morgan fingerprint density at radius 1 is 0.895 bits per heavy atom. The molecule has 1 aromatic rings. The van der Waals surface area contributed by atoms with Crippen LogP contribution >= 0.6 is 0 Å². The summed E-state index contributed by atoms with van der Waals surface area (Å²) in [7, 11) is 0. The van der Waals surface area contributed by atoms with Crippen LogP contribution in [-0.4, -0.2) is 11.5 Å². The fourth-order valence-electron chi connectivity index (χ4n) is 2.41. The topological polar surface area (TPSA) is 24.9 Å². The number of aromatic nitrogens is 1. The molecule has 0 amide bonds. The van der Waals surface area contributed by atoms with Gasteiger partial charge in [0, 0.05) is 12.2 Å². The second kappa shape index (κ2) is 9.82. The van der Waals surface area contributed by atoms with Crippen LogP contribution in [0.3, 0.4) is 0 Å². The van der Waals surface area contributed by atoms with E-state index >= 15 is 0 Å². The fraction of sp³-hybridized carbons (Fsp3) is 0.706. The highest BCUT2D eigenvalue weighted by molar-refractivity contribution is 5.38. The van der Waals surface area contributed by atoms with Gasteiger partial charge in [-0.15, -0.1) is 0 Å². The molecule has 0 aliphatic rings. The first-order chi connectivity index (χ1) is 9.22. The Hall–Kier alpha value is -1.05. The van der Waals surface area contributed by atoms with Crippen molar-refractivity contribution < 1.29 is 0 Å². The molecule has 0 radical (unpaired) electrons. The molecule has 0 spiro atoms. The molecule has 19 heavy (non-hydrogen) atoms. The van der Waals surface area contributed by atoms with E-state index in [2.05, 4.69) is 43.2 Å². The molecule has 0 saturated heterocycles. The third kappa shape index (κ3) is 7.86. The zero-order valence-corrected chi connectivity index (χ0v) is 13.0. The van der Waals surface area contributed by atoms with Crippen LogP contribution in [0, 0.1) is 13.8 Å². The van der Waals surface area contributed by atoms with Gasteiger partial charge in [-0.2, -0.15) is 0 Å². The third-order valence-electron chi connectivity index (χ3n) is 3.43. The zero-order chi connectivity index (χ0) is 13.9. The highest BCUT2D eigenvalue weighted by Crippen LogP contribution is 2.11. The summed E-state index contributed by atoms with van der Waals surface area (Å²) in [4.78, 5) is 4.49. The number of nitrogens with one attached hydrogen (secondary N) is 1. The van der Waals surface area contributed by atoms with Crippen LogP contribution in [0.15, 0.2) is 12.1 Å². The van der Waals surface area contributed by atoms with E-state index in [-0.39, 0.29) is 0 Å². The van der Waals surface area contributed by atoms with Crippen molar-refractivity contribution in [2.45, 2.75) is 72.1 Å². The molecule has 2 nitrogen and oxygen atoms in total. The Balaban J connectivity index is 2.01. The number of rotatable bonds is 10. The molecular formula is C17H30N2. The number of pyridine rings is 1. The van der Waals surface area contributed by atoms with Gasteiger partial charge in [-0.25, -0.2) is 4.98 Å². The lowest BCUT2D eigenvalue weighted by molar-refractivity contribution is 0.581. The molecule has 1 rings (SSSR count). The molecule has 0 aliphatic heterocycles. The number of unbranched alkanes of at least 4 members (excludes halogenated alkanes) is 7. The molecule has 1 heterocycles. The Morgan fingerprint density at radius 3 is 2.16 bits per heavy atom. The molecule has 1 N–H and O–H groups in total. The summed E-state index contributed by atoms with van der Waals surface area (Å²) < 4.78 is 0. The molecular weight excluding hydrogens is 232 g/mol. The average molecular weight is 262 g/mol. The molecule has 2 heteroatoms. The second-order valence-electron chi connectivity index (χ2n) is 5.57. The predicted octanol–water partition coefficient (Wildman–Crippen LogP) is 5.25. The molecule has 0 atom stereocenters. The molecule has 0 bridgehead atoms. The van der Waals surface area contributed by atoms with Gasteiger partial charge in [0.1, 0.15) is 5.82 Å². The molecule has 108 valence electrons. The number of anilines is 1. The SMILES string of the molecule is CCCCCCCCCCNc1cc(C)cc(C)n1. The van der Waals surface area contributed by atoms with Crippen molar-refractivity contribution in [1.82, 2.24) is 4.98 Å². The van der Waals surface area contributed by atoms with Gasteiger partial charge in [0.25, 0.3) is 0 Å². The van der Waals surface area contributed by atoms with Gasteiger partial charge in [-0.3, -0.25) is 0 Å². The molecule has 0 unspecified atom stereocenters. The minimum absolute atomic E-state index is 1.03. The van der Waals surface area contributed by atoms with Crippen LogP contribution < -0.4 is 5.32 Å². The van der Waals surface area contributed by atoms with Gasteiger partial charge >= 0.3 is 0 Å². The van der Waals surface area contributed by atoms with E-state index < -0.39 is 0 Å². The van der Waals surface area contributed by atoms with Crippen LogP contribution in [-0.2, 0) is 0 Å². The smallest absolute Gasteiger partial charge is 0.126 e. The van der Waals surface area contributed by atoms with Gasteiger partial charge in [-0.05, 0) is 38.0 Å². The van der Waals surface area contributed by atoms with Crippen LogP contribution in [0.25, 0.3) is 0 Å². The van der Waals surface area contributed by atoms with E-state index in [9.17, 15) is 0 Å². The van der Waals surface area contributed by atoms with Crippen molar-refractivity contribution in [3.05, 3.63) is 23.4 Å². The quantitative estimate of drug-likeness (QED) is 0.582. The lowest BCUT2D eigenvalue weighted by Crippen LogP contribution is -2.04. The van der Waals surface area contributed by atoms with Crippen molar-refractivity contribution in [2.75, 3.05) is 11.9 Å². The lowest BCUT2D eigenvalue weighted by Gasteiger charge is -2.07. The first kappa shape index (κ1) is 16.0.